The van der Waals surface area contributed by atoms with Gasteiger partial charge >= 0.3 is 0 Å². The van der Waals surface area contributed by atoms with Crippen LogP contribution in [0, 0.1) is 0 Å². The number of unbranched alkanes of at least 4 members (excludes halogenated alkanes) is 20. The van der Waals surface area contributed by atoms with Gasteiger partial charge in [-0.2, -0.15) is 0 Å². The van der Waals surface area contributed by atoms with E-state index in [1.807, 2.05) is 0 Å². The summed E-state index contributed by atoms with van der Waals surface area (Å²) in [6, 6.07) is 22.7. The summed E-state index contributed by atoms with van der Waals surface area (Å²) in [5, 5.41) is 0. The normalized spacial score (nSPS) is 12.1. The average Bonchev–Trinajstić information content (AvgIpc) is 3.09. The molecule has 0 aliphatic carbocycles. The summed E-state index contributed by atoms with van der Waals surface area (Å²) in [5.41, 5.74) is 3.00. The van der Waals surface area contributed by atoms with Crippen molar-refractivity contribution in [2.24, 2.45) is 0 Å². The van der Waals surface area contributed by atoms with Crippen molar-refractivity contribution in [1.82, 2.24) is 0 Å². The van der Waals surface area contributed by atoms with E-state index in [0.717, 1.165) is 13.1 Å². The van der Waals surface area contributed by atoms with Gasteiger partial charge in [-0.15, -0.1) is 0 Å². The van der Waals surface area contributed by atoms with Gasteiger partial charge in [0.25, 0.3) is 0 Å². The minimum atomic E-state index is 1.15. The number of quaternary nitrogens is 1. The van der Waals surface area contributed by atoms with Crippen LogP contribution in [-0.4, -0.2) is 17.6 Å². The van der Waals surface area contributed by atoms with Crippen LogP contribution in [0.3, 0.4) is 0 Å². The van der Waals surface area contributed by atoms with E-state index in [1.54, 1.807) is 0 Å². The molecule has 47 heavy (non-hydrogen) atoms. The maximum absolute atomic E-state index is 2.45. The number of nitrogens with zero attached hydrogens (tertiary/aromatic N) is 1. The van der Waals surface area contributed by atoms with Crippen LogP contribution >= 0.6 is 0 Å². The lowest BCUT2D eigenvalue weighted by atomic mass is 10.0. The topological polar surface area (TPSA) is 0 Å². The predicted octanol–water partition coefficient (Wildman–Crippen LogP) is 14.7. The highest BCUT2D eigenvalue weighted by Crippen LogP contribution is 2.24. The molecular weight excluding hydrogens is 567 g/mol. The third-order valence-electron chi connectivity index (χ3n) is 10.0. The van der Waals surface area contributed by atoms with E-state index in [9.17, 15) is 0 Å². The monoisotopic (exact) mass is 643 g/mol. The minimum absolute atomic E-state index is 1.15. The molecule has 0 saturated heterocycles. The molecule has 0 saturated carbocycles. The van der Waals surface area contributed by atoms with Gasteiger partial charge < -0.3 is 4.48 Å². The van der Waals surface area contributed by atoms with E-state index in [1.165, 1.54) is 183 Å². The fraction of sp³-hybridized carbons (Fsp3) is 0.652. The molecule has 2 aromatic carbocycles. The van der Waals surface area contributed by atoms with Crippen LogP contribution in [0.2, 0.25) is 0 Å². The van der Waals surface area contributed by atoms with Crippen molar-refractivity contribution in [3.8, 4) is 0 Å². The number of benzene rings is 2. The van der Waals surface area contributed by atoms with Gasteiger partial charge in [0.05, 0.1) is 13.1 Å². The zero-order chi connectivity index (χ0) is 33.4. The molecule has 0 N–H and O–H groups in total. The lowest BCUT2D eigenvalue weighted by Gasteiger charge is -2.39. The van der Waals surface area contributed by atoms with Gasteiger partial charge in [0.15, 0.2) is 0 Å². The van der Waals surface area contributed by atoms with Gasteiger partial charge in [-0.25, -0.2) is 0 Å². The van der Waals surface area contributed by atoms with Crippen LogP contribution in [0.5, 0.6) is 0 Å². The van der Waals surface area contributed by atoms with Crippen LogP contribution in [0.4, 0.5) is 0 Å². The van der Waals surface area contributed by atoms with Crippen LogP contribution in [0.25, 0.3) is 0 Å². The number of rotatable bonds is 32. The molecule has 0 bridgehead atoms. The van der Waals surface area contributed by atoms with Crippen LogP contribution in [-0.2, 0) is 13.1 Å². The molecule has 2 rings (SSSR count). The summed E-state index contributed by atoms with van der Waals surface area (Å²) in [6.45, 7) is 9.50. The van der Waals surface area contributed by atoms with Crippen molar-refractivity contribution < 1.29 is 4.48 Å². The van der Waals surface area contributed by atoms with E-state index in [4.69, 9.17) is 0 Å². The van der Waals surface area contributed by atoms with Gasteiger partial charge in [-0.05, 0) is 77.0 Å². The van der Waals surface area contributed by atoms with Crippen molar-refractivity contribution >= 4 is 0 Å². The molecule has 0 atom stereocenters. The standard InChI is InChI=1S/C46H76N/c1-3-5-7-9-11-13-15-17-19-21-23-25-27-35-41-47(43-45-37-31-29-32-38-45,44-46-39-33-30-34-40-46)42-36-28-26-24-22-20-18-16-14-12-10-8-6-4-2/h15-18,29-34,37-40H,3-14,19-28,35-36,41-44H2,1-2H3/q+1/b17-15+,18-16+. The fourth-order valence-electron chi connectivity index (χ4n) is 7.11. The van der Waals surface area contributed by atoms with E-state index in [0.29, 0.717) is 0 Å². The Bertz CT molecular complexity index is 893. The zero-order valence-corrected chi connectivity index (χ0v) is 31.3. The molecule has 0 unspecified atom stereocenters. The van der Waals surface area contributed by atoms with Crippen LogP contribution in [0.15, 0.2) is 85.0 Å². The third kappa shape index (κ3) is 23.0. The average molecular weight is 643 g/mol. The Morgan fingerprint density at radius 3 is 1.00 bits per heavy atom. The molecule has 0 aliphatic heterocycles. The Morgan fingerprint density at radius 2 is 0.660 bits per heavy atom. The van der Waals surface area contributed by atoms with Gasteiger partial charge in [0, 0.05) is 11.1 Å². The molecule has 1 heteroatoms. The molecule has 0 amide bonds. The highest BCUT2D eigenvalue weighted by atomic mass is 15.3. The zero-order valence-electron chi connectivity index (χ0n) is 31.3. The summed E-state index contributed by atoms with van der Waals surface area (Å²) in [5.74, 6) is 0. The first-order valence-electron chi connectivity index (χ1n) is 20.5. The van der Waals surface area contributed by atoms with Gasteiger partial charge in [-0.3, -0.25) is 0 Å². The number of hydrogen-bond donors (Lipinski definition) is 0. The minimum Gasteiger partial charge on any atom is -0.316 e. The molecule has 0 aliphatic rings. The molecule has 0 aromatic heterocycles. The van der Waals surface area contributed by atoms with Gasteiger partial charge in [0.2, 0.25) is 0 Å². The smallest absolute Gasteiger partial charge is 0.105 e. The van der Waals surface area contributed by atoms with Crippen molar-refractivity contribution in [1.29, 1.82) is 0 Å². The Hall–Kier alpha value is -2.12. The third-order valence-corrected chi connectivity index (χ3v) is 10.0. The van der Waals surface area contributed by atoms with E-state index < -0.39 is 0 Å². The summed E-state index contributed by atoms with van der Waals surface area (Å²) < 4.78 is 1.20. The molecule has 2 aromatic rings. The summed E-state index contributed by atoms with van der Waals surface area (Å²) in [6.07, 6.45) is 42.5. The quantitative estimate of drug-likeness (QED) is 0.0423. The lowest BCUT2D eigenvalue weighted by molar-refractivity contribution is -0.954. The van der Waals surface area contributed by atoms with Crippen LogP contribution in [0.1, 0.15) is 179 Å². The Labute approximate surface area is 293 Å². The van der Waals surface area contributed by atoms with Gasteiger partial charge in [0.1, 0.15) is 13.1 Å². The lowest BCUT2D eigenvalue weighted by Crippen LogP contribution is -2.48. The molecule has 0 heterocycles. The first kappa shape index (κ1) is 41.1. The Kier molecular flexibility index (Phi) is 26.2. The molecule has 264 valence electrons. The van der Waals surface area contributed by atoms with Crippen LogP contribution < -0.4 is 0 Å². The van der Waals surface area contributed by atoms with Crippen molar-refractivity contribution in [2.75, 3.05) is 13.1 Å². The predicted molar refractivity (Wildman–Crippen MR) is 211 cm³/mol. The van der Waals surface area contributed by atoms with E-state index in [-0.39, 0.29) is 0 Å². The second kappa shape index (κ2) is 30.0. The first-order valence-corrected chi connectivity index (χ1v) is 20.5. The largest absolute Gasteiger partial charge is 0.316 e. The van der Waals surface area contributed by atoms with E-state index in [2.05, 4.69) is 98.8 Å². The molecular formula is C46H76N+. The Balaban J connectivity index is 1.78. The molecule has 0 spiro atoms. The summed E-state index contributed by atoms with van der Waals surface area (Å²) in [7, 11) is 0. The summed E-state index contributed by atoms with van der Waals surface area (Å²) >= 11 is 0. The molecule has 0 fully saturated rings. The SMILES string of the molecule is CCCCCCC/C=C/CCCCCCC[N+](CCCCCCC/C=C/CCCCCCC)(Cc1ccccc1)Cc1ccccc1. The van der Waals surface area contributed by atoms with Gasteiger partial charge in [-0.1, -0.05) is 176 Å². The van der Waals surface area contributed by atoms with Crippen molar-refractivity contribution in [3.05, 3.63) is 96.1 Å². The number of allylic oxidation sites excluding steroid dienone is 4. The fourth-order valence-corrected chi connectivity index (χ4v) is 7.11. The first-order chi connectivity index (χ1) is 23.3. The summed E-state index contributed by atoms with van der Waals surface area (Å²) in [4.78, 5) is 0. The van der Waals surface area contributed by atoms with E-state index >= 15 is 0 Å². The van der Waals surface area contributed by atoms with Crippen molar-refractivity contribution in [3.63, 3.8) is 0 Å². The maximum atomic E-state index is 2.45. The maximum Gasteiger partial charge on any atom is 0.105 e. The highest BCUT2D eigenvalue weighted by Gasteiger charge is 2.27. The molecule has 0 radical (unpaired) electrons. The molecule has 1 nitrogen and oxygen atoms in total. The second-order valence-electron chi connectivity index (χ2n) is 14.5. The number of hydrogen-bond acceptors (Lipinski definition) is 0. The Morgan fingerprint density at radius 1 is 0.362 bits per heavy atom. The van der Waals surface area contributed by atoms with Crippen molar-refractivity contribution in [2.45, 2.75) is 181 Å². The second-order valence-corrected chi connectivity index (χ2v) is 14.5. The highest BCUT2D eigenvalue weighted by molar-refractivity contribution is 5.15.